The maximum Gasteiger partial charge on any atom is 0.475 e. The van der Waals surface area contributed by atoms with Gasteiger partial charge in [0.15, 0.2) is 12.0 Å². The average molecular weight is 474 g/mol. The molecular formula is C20H31N2O9P. The molecule has 0 saturated carbocycles. The highest BCUT2D eigenvalue weighted by Gasteiger charge is 2.60. The van der Waals surface area contributed by atoms with Crippen LogP contribution in [0.5, 0.6) is 0 Å². The molecule has 0 aromatic carbocycles. The molecule has 0 aliphatic carbocycles. The number of rotatable bonds is 8. The second kappa shape index (κ2) is 9.70. The van der Waals surface area contributed by atoms with Crippen LogP contribution in [-0.2, 0) is 42.0 Å². The number of ketones is 1. The van der Waals surface area contributed by atoms with Crippen molar-refractivity contribution in [3.63, 3.8) is 0 Å². The van der Waals surface area contributed by atoms with Gasteiger partial charge in [-0.2, -0.15) is 0 Å². The molecule has 0 bridgehead atoms. The van der Waals surface area contributed by atoms with Crippen molar-refractivity contribution in [1.82, 2.24) is 4.90 Å². The summed E-state index contributed by atoms with van der Waals surface area (Å²) in [5.41, 5.74) is 5.21. The van der Waals surface area contributed by atoms with Crippen LogP contribution >= 0.6 is 7.82 Å². The monoisotopic (exact) mass is 474 g/mol. The molecule has 2 N–H and O–H groups in total. The molecule has 3 heterocycles. The zero-order valence-corrected chi connectivity index (χ0v) is 19.6. The lowest BCUT2D eigenvalue weighted by Gasteiger charge is -2.38. The summed E-state index contributed by atoms with van der Waals surface area (Å²) < 4.78 is 40.4. The molecule has 0 spiro atoms. The van der Waals surface area contributed by atoms with E-state index >= 15 is 0 Å². The number of nitrogens with two attached hydrogens (primary N) is 1. The molecular weight excluding hydrogens is 443 g/mol. The molecule has 3 aliphatic rings. The van der Waals surface area contributed by atoms with E-state index in [0.717, 1.165) is 0 Å². The summed E-state index contributed by atoms with van der Waals surface area (Å²) in [7, 11) is -3.91. The van der Waals surface area contributed by atoms with Crippen LogP contribution in [0.15, 0.2) is 12.3 Å². The Bertz CT molecular complexity index is 828. The van der Waals surface area contributed by atoms with Gasteiger partial charge in [-0.15, -0.1) is 0 Å². The van der Waals surface area contributed by atoms with E-state index in [0.29, 0.717) is 12.8 Å². The third-order valence-corrected chi connectivity index (χ3v) is 6.95. The standard InChI is InChI=1S/C20H31N2O9P/c1-12(2)29-18(25)13(3)6-5-9-27-32(26)28-11-15-17(31-32)20(4,21)19(30-15)22-8-7-14(23)10-16(22)24/h7-8,12-13,15,17,19H,5-6,9-11,21H2,1-4H3/t13?,15-,17-,19-,20-,32-/m1/s1. The average Bonchev–Trinajstić information content (AvgIpc) is 2.95. The molecule has 1 amide bonds. The highest BCUT2D eigenvalue weighted by atomic mass is 31.2. The Morgan fingerprint density at radius 2 is 2.09 bits per heavy atom. The number of phosphoric ester groups is 1. The lowest BCUT2D eigenvalue weighted by Crippen LogP contribution is -2.60. The van der Waals surface area contributed by atoms with Gasteiger partial charge in [-0.25, -0.2) is 4.57 Å². The maximum absolute atomic E-state index is 13.0. The smallest absolute Gasteiger partial charge is 0.463 e. The summed E-state index contributed by atoms with van der Waals surface area (Å²) in [5.74, 6) is -1.36. The molecule has 2 fully saturated rings. The molecule has 1 unspecified atom stereocenters. The Kier molecular flexibility index (Phi) is 7.59. The highest BCUT2D eigenvalue weighted by Crippen LogP contribution is 2.57. The molecule has 32 heavy (non-hydrogen) atoms. The van der Waals surface area contributed by atoms with Gasteiger partial charge in [-0.3, -0.25) is 32.9 Å². The Hall–Kier alpha value is -1.62. The summed E-state index contributed by atoms with van der Waals surface area (Å²) in [5, 5.41) is 0. The van der Waals surface area contributed by atoms with Gasteiger partial charge < -0.3 is 15.2 Å². The number of ether oxygens (including phenoxy) is 2. The minimum atomic E-state index is -3.91. The van der Waals surface area contributed by atoms with E-state index in [1.807, 2.05) is 0 Å². The van der Waals surface area contributed by atoms with E-state index in [9.17, 15) is 18.9 Å². The third-order valence-electron chi connectivity index (χ3n) is 5.50. The number of allylic oxidation sites excluding steroid dienone is 1. The molecule has 11 nitrogen and oxygen atoms in total. The second-order valence-electron chi connectivity index (χ2n) is 8.78. The van der Waals surface area contributed by atoms with Gasteiger partial charge >= 0.3 is 13.8 Å². The van der Waals surface area contributed by atoms with E-state index in [-0.39, 0.29) is 43.4 Å². The van der Waals surface area contributed by atoms with Gasteiger partial charge in [0.05, 0.1) is 37.2 Å². The Morgan fingerprint density at radius 1 is 1.38 bits per heavy atom. The molecule has 0 aromatic rings. The summed E-state index contributed by atoms with van der Waals surface area (Å²) in [6.45, 7) is 6.90. The van der Waals surface area contributed by atoms with Crippen molar-refractivity contribution in [1.29, 1.82) is 0 Å². The van der Waals surface area contributed by atoms with Crippen LogP contribution in [-0.4, -0.2) is 65.9 Å². The predicted molar refractivity (Wildman–Crippen MR) is 111 cm³/mol. The summed E-state index contributed by atoms with van der Waals surface area (Å²) in [6.07, 6.45) is 0.653. The molecule has 0 radical (unpaired) electrons. The van der Waals surface area contributed by atoms with Gasteiger partial charge in [0.1, 0.15) is 12.2 Å². The molecule has 180 valence electrons. The lowest BCUT2D eigenvalue weighted by molar-refractivity contribution is -0.152. The van der Waals surface area contributed by atoms with Crippen LogP contribution in [0.3, 0.4) is 0 Å². The SMILES string of the molecule is CC(C)OC(=O)C(C)CCCO[P@]1(=O)OC[C@H]2O[C@@H](N3C=CC(=O)CC3=O)[C@](C)(N)[C@@H]2O1. The zero-order chi connectivity index (χ0) is 23.7. The first kappa shape index (κ1) is 25.0. The number of hydrogen-bond acceptors (Lipinski definition) is 10. The van der Waals surface area contributed by atoms with Crippen molar-refractivity contribution in [3.05, 3.63) is 12.3 Å². The van der Waals surface area contributed by atoms with Crippen LogP contribution in [0, 0.1) is 5.92 Å². The first-order valence-electron chi connectivity index (χ1n) is 10.7. The molecule has 0 aromatic heterocycles. The van der Waals surface area contributed by atoms with Gasteiger partial charge in [-0.05, 0) is 39.7 Å². The normalized spacial score (nSPS) is 35.8. The van der Waals surface area contributed by atoms with Crippen molar-refractivity contribution >= 4 is 25.5 Å². The Morgan fingerprint density at radius 3 is 2.75 bits per heavy atom. The Balaban J connectivity index is 1.55. The first-order chi connectivity index (χ1) is 14.9. The number of carbonyl (C=O) groups excluding carboxylic acids is 3. The van der Waals surface area contributed by atoms with Crippen LogP contribution in [0.25, 0.3) is 0 Å². The fraction of sp³-hybridized carbons (Fsp3) is 0.750. The molecule has 12 heteroatoms. The van der Waals surface area contributed by atoms with Crippen molar-refractivity contribution < 1.29 is 42.0 Å². The van der Waals surface area contributed by atoms with Gasteiger partial charge in [0.2, 0.25) is 5.91 Å². The number of fused-ring (bicyclic) bond motifs is 1. The fourth-order valence-corrected chi connectivity index (χ4v) is 5.31. The van der Waals surface area contributed by atoms with Crippen molar-refractivity contribution in [2.24, 2.45) is 11.7 Å². The van der Waals surface area contributed by atoms with Crippen molar-refractivity contribution in [2.45, 2.75) is 77.0 Å². The largest absolute Gasteiger partial charge is 0.475 e. The molecule has 3 aliphatic heterocycles. The van der Waals surface area contributed by atoms with Gasteiger partial charge in [-0.1, -0.05) is 6.92 Å². The number of amides is 1. The minimum absolute atomic E-state index is 0.0506. The number of hydrogen-bond donors (Lipinski definition) is 1. The van der Waals surface area contributed by atoms with Crippen molar-refractivity contribution in [3.8, 4) is 0 Å². The van der Waals surface area contributed by atoms with E-state index in [1.165, 1.54) is 17.2 Å². The predicted octanol–water partition coefficient (Wildman–Crippen LogP) is 1.65. The minimum Gasteiger partial charge on any atom is -0.463 e. The van der Waals surface area contributed by atoms with Crippen LogP contribution in [0.4, 0.5) is 0 Å². The Labute approximate surface area is 187 Å². The lowest BCUT2D eigenvalue weighted by atomic mass is 9.92. The topological polar surface area (TPSA) is 144 Å². The van der Waals surface area contributed by atoms with E-state index in [4.69, 9.17) is 28.8 Å². The highest BCUT2D eigenvalue weighted by molar-refractivity contribution is 7.48. The first-order valence-corrected chi connectivity index (χ1v) is 12.1. The molecule has 6 atom stereocenters. The summed E-state index contributed by atoms with van der Waals surface area (Å²) in [6, 6.07) is 0. The maximum atomic E-state index is 13.0. The molecule has 2 saturated heterocycles. The van der Waals surface area contributed by atoms with Crippen LogP contribution < -0.4 is 5.73 Å². The number of carbonyl (C=O) groups is 3. The van der Waals surface area contributed by atoms with Gasteiger partial charge in [0.25, 0.3) is 0 Å². The zero-order valence-electron chi connectivity index (χ0n) is 18.7. The van der Waals surface area contributed by atoms with Crippen molar-refractivity contribution in [2.75, 3.05) is 13.2 Å². The second-order valence-corrected chi connectivity index (χ2v) is 10.4. The van der Waals surface area contributed by atoms with Crippen LogP contribution in [0.2, 0.25) is 0 Å². The van der Waals surface area contributed by atoms with Gasteiger partial charge in [0, 0.05) is 6.20 Å². The summed E-state index contributed by atoms with van der Waals surface area (Å²) in [4.78, 5) is 36.9. The van der Waals surface area contributed by atoms with E-state index in [2.05, 4.69) is 0 Å². The number of esters is 1. The fourth-order valence-electron chi connectivity index (χ4n) is 3.79. The molecule has 3 rings (SSSR count). The number of phosphoric acid groups is 1. The quantitative estimate of drug-likeness (QED) is 0.239. The summed E-state index contributed by atoms with van der Waals surface area (Å²) >= 11 is 0. The van der Waals surface area contributed by atoms with Crippen LogP contribution in [0.1, 0.15) is 47.0 Å². The van der Waals surface area contributed by atoms with E-state index < -0.39 is 37.7 Å². The number of nitrogens with zero attached hydrogens (tertiary/aromatic N) is 1. The van der Waals surface area contributed by atoms with E-state index in [1.54, 1.807) is 27.7 Å². The third kappa shape index (κ3) is 5.47.